The minimum absolute atomic E-state index is 0.0134. The van der Waals surface area contributed by atoms with Crippen LogP contribution in [0.2, 0.25) is 0 Å². The Morgan fingerprint density at radius 1 is 1.18 bits per heavy atom. The molecule has 0 bridgehead atoms. The predicted octanol–water partition coefficient (Wildman–Crippen LogP) is 1.72. The molecule has 1 saturated carbocycles. The number of amides is 3. The number of hydrogen-bond donors (Lipinski definition) is 3. The molecule has 3 N–H and O–H groups in total. The van der Waals surface area contributed by atoms with Crippen LogP contribution >= 0.6 is 0 Å². The van der Waals surface area contributed by atoms with Gasteiger partial charge in [0.2, 0.25) is 5.91 Å². The molecule has 0 aliphatic heterocycles. The highest BCUT2D eigenvalue weighted by molar-refractivity contribution is 5.78. The van der Waals surface area contributed by atoms with Crippen molar-refractivity contribution in [2.45, 2.75) is 51.1 Å². The summed E-state index contributed by atoms with van der Waals surface area (Å²) in [7, 11) is 0. The fourth-order valence-electron chi connectivity index (χ4n) is 2.58. The Morgan fingerprint density at radius 3 is 2.73 bits per heavy atom. The fourth-order valence-corrected chi connectivity index (χ4v) is 2.58. The molecule has 1 aromatic rings. The first-order chi connectivity index (χ1) is 10.7. The molecule has 1 aromatic heterocycles. The molecule has 2 rings (SSSR count). The van der Waals surface area contributed by atoms with E-state index in [0.29, 0.717) is 25.6 Å². The average molecular weight is 304 g/mol. The highest BCUT2D eigenvalue weighted by Crippen LogP contribution is 2.17. The SMILES string of the molecule is O=C(CCNC(=O)NCc1cccnc1)NC1CCCCC1. The molecule has 0 radical (unpaired) electrons. The maximum absolute atomic E-state index is 11.8. The summed E-state index contributed by atoms with van der Waals surface area (Å²) in [6.45, 7) is 0.769. The molecule has 0 saturated heterocycles. The molecule has 22 heavy (non-hydrogen) atoms. The van der Waals surface area contributed by atoms with Crippen LogP contribution in [0.4, 0.5) is 4.79 Å². The van der Waals surface area contributed by atoms with E-state index >= 15 is 0 Å². The Labute approximate surface area is 131 Å². The second kappa shape index (κ2) is 9.02. The van der Waals surface area contributed by atoms with Crippen LogP contribution in [0.15, 0.2) is 24.5 Å². The molecule has 120 valence electrons. The largest absolute Gasteiger partial charge is 0.353 e. The Balaban J connectivity index is 1.55. The molecule has 0 aromatic carbocycles. The quantitative estimate of drug-likeness (QED) is 0.748. The van der Waals surface area contributed by atoms with E-state index in [-0.39, 0.29) is 11.9 Å². The zero-order chi connectivity index (χ0) is 15.6. The number of carbonyl (C=O) groups is 2. The van der Waals surface area contributed by atoms with Crippen molar-refractivity contribution in [3.63, 3.8) is 0 Å². The zero-order valence-corrected chi connectivity index (χ0v) is 12.8. The van der Waals surface area contributed by atoms with Gasteiger partial charge in [0.25, 0.3) is 0 Å². The Kier molecular flexibility index (Phi) is 6.67. The molecular formula is C16H24N4O2. The summed E-state index contributed by atoms with van der Waals surface area (Å²) in [4.78, 5) is 27.4. The number of carbonyl (C=O) groups excluding carboxylic acids is 2. The van der Waals surface area contributed by atoms with Crippen LogP contribution in [-0.4, -0.2) is 29.5 Å². The van der Waals surface area contributed by atoms with Crippen molar-refractivity contribution in [3.8, 4) is 0 Å². The lowest BCUT2D eigenvalue weighted by atomic mass is 9.95. The summed E-state index contributed by atoms with van der Waals surface area (Å²) < 4.78 is 0. The number of aromatic nitrogens is 1. The van der Waals surface area contributed by atoms with E-state index < -0.39 is 0 Å². The highest BCUT2D eigenvalue weighted by atomic mass is 16.2. The van der Waals surface area contributed by atoms with Gasteiger partial charge in [-0.15, -0.1) is 0 Å². The molecule has 1 aliphatic carbocycles. The number of nitrogens with zero attached hydrogens (tertiary/aromatic N) is 1. The van der Waals surface area contributed by atoms with Crippen molar-refractivity contribution >= 4 is 11.9 Å². The first kappa shape index (κ1) is 16.3. The lowest BCUT2D eigenvalue weighted by Crippen LogP contribution is -2.40. The van der Waals surface area contributed by atoms with Crippen LogP contribution in [0.25, 0.3) is 0 Å². The number of urea groups is 1. The van der Waals surface area contributed by atoms with Gasteiger partial charge >= 0.3 is 6.03 Å². The Bertz CT molecular complexity index is 472. The normalized spacial score (nSPS) is 15.1. The van der Waals surface area contributed by atoms with Gasteiger partial charge in [0.05, 0.1) is 0 Å². The van der Waals surface area contributed by atoms with Crippen LogP contribution in [0.3, 0.4) is 0 Å². The van der Waals surface area contributed by atoms with E-state index in [1.807, 2.05) is 12.1 Å². The van der Waals surface area contributed by atoms with E-state index in [1.54, 1.807) is 12.4 Å². The molecule has 1 fully saturated rings. The summed E-state index contributed by atoms with van der Waals surface area (Å²) in [5, 5.41) is 8.45. The van der Waals surface area contributed by atoms with Crippen molar-refractivity contribution in [2.75, 3.05) is 6.54 Å². The average Bonchev–Trinajstić information content (AvgIpc) is 2.55. The van der Waals surface area contributed by atoms with E-state index in [1.165, 1.54) is 19.3 Å². The second-order valence-electron chi connectivity index (χ2n) is 5.62. The van der Waals surface area contributed by atoms with Gasteiger partial charge in [0.1, 0.15) is 0 Å². The summed E-state index contributed by atoms with van der Waals surface area (Å²) >= 11 is 0. The van der Waals surface area contributed by atoms with Crippen LogP contribution in [-0.2, 0) is 11.3 Å². The van der Waals surface area contributed by atoms with Crippen LogP contribution in [0.1, 0.15) is 44.1 Å². The van der Waals surface area contributed by atoms with Gasteiger partial charge in [-0.2, -0.15) is 0 Å². The van der Waals surface area contributed by atoms with Crippen LogP contribution in [0.5, 0.6) is 0 Å². The van der Waals surface area contributed by atoms with E-state index in [2.05, 4.69) is 20.9 Å². The first-order valence-corrected chi connectivity index (χ1v) is 7.94. The molecule has 1 aliphatic rings. The number of nitrogens with one attached hydrogen (secondary N) is 3. The third-order valence-electron chi connectivity index (χ3n) is 3.78. The van der Waals surface area contributed by atoms with Gasteiger partial charge < -0.3 is 16.0 Å². The van der Waals surface area contributed by atoms with Crippen molar-refractivity contribution < 1.29 is 9.59 Å². The Hall–Kier alpha value is -2.11. The minimum atomic E-state index is -0.269. The summed E-state index contributed by atoms with van der Waals surface area (Å²) in [6.07, 6.45) is 9.52. The molecule has 6 nitrogen and oxygen atoms in total. The molecule has 0 spiro atoms. The van der Waals surface area contributed by atoms with Gasteiger partial charge in [0, 0.05) is 37.9 Å². The van der Waals surface area contributed by atoms with Crippen molar-refractivity contribution in [2.24, 2.45) is 0 Å². The maximum atomic E-state index is 11.8. The van der Waals surface area contributed by atoms with Gasteiger partial charge in [-0.1, -0.05) is 25.3 Å². The summed E-state index contributed by atoms with van der Waals surface area (Å²) in [5.74, 6) is 0.0134. The van der Waals surface area contributed by atoms with Crippen molar-refractivity contribution in [3.05, 3.63) is 30.1 Å². The highest BCUT2D eigenvalue weighted by Gasteiger charge is 2.15. The molecule has 1 heterocycles. The third-order valence-corrected chi connectivity index (χ3v) is 3.78. The zero-order valence-electron chi connectivity index (χ0n) is 12.8. The monoisotopic (exact) mass is 304 g/mol. The van der Waals surface area contributed by atoms with E-state index in [0.717, 1.165) is 18.4 Å². The summed E-state index contributed by atoms with van der Waals surface area (Å²) in [6, 6.07) is 3.77. The lowest BCUT2D eigenvalue weighted by molar-refractivity contribution is -0.121. The van der Waals surface area contributed by atoms with Crippen LogP contribution in [0, 0.1) is 0 Å². The van der Waals surface area contributed by atoms with Crippen molar-refractivity contribution in [1.82, 2.24) is 20.9 Å². The molecule has 6 heteroatoms. The Morgan fingerprint density at radius 2 is 2.00 bits per heavy atom. The third kappa shape index (κ3) is 6.11. The second-order valence-corrected chi connectivity index (χ2v) is 5.62. The molecular weight excluding hydrogens is 280 g/mol. The van der Waals surface area contributed by atoms with Gasteiger partial charge in [-0.3, -0.25) is 9.78 Å². The molecule has 0 atom stereocenters. The lowest BCUT2D eigenvalue weighted by Gasteiger charge is -2.22. The number of hydrogen-bond acceptors (Lipinski definition) is 3. The minimum Gasteiger partial charge on any atom is -0.353 e. The first-order valence-electron chi connectivity index (χ1n) is 7.94. The van der Waals surface area contributed by atoms with Gasteiger partial charge in [-0.05, 0) is 24.5 Å². The van der Waals surface area contributed by atoms with Crippen molar-refractivity contribution in [1.29, 1.82) is 0 Å². The van der Waals surface area contributed by atoms with E-state index in [4.69, 9.17) is 0 Å². The smallest absolute Gasteiger partial charge is 0.315 e. The van der Waals surface area contributed by atoms with Gasteiger partial charge in [0.15, 0.2) is 0 Å². The molecule has 3 amide bonds. The standard InChI is InChI=1S/C16H24N4O2/c21-15(20-14-6-2-1-3-7-14)8-10-18-16(22)19-12-13-5-4-9-17-11-13/h4-5,9,11,14H,1-3,6-8,10,12H2,(H,20,21)(H2,18,19,22). The van der Waals surface area contributed by atoms with Gasteiger partial charge in [-0.25, -0.2) is 4.79 Å². The summed E-state index contributed by atoms with van der Waals surface area (Å²) in [5.41, 5.74) is 0.938. The topological polar surface area (TPSA) is 83.1 Å². The number of pyridine rings is 1. The van der Waals surface area contributed by atoms with E-state index in [9.17, 15) is 9.59 Å². The fraction of sp³-hybridized carbons (Fsp3) is 0.562. The van der Waals surface area contributed by atoms with Crippen LogP contribution < -0.4 is 16.0 Å². The predicted molar refractivity (Wildman–Crippen MR) is 84.1 cm³/mol. The molecule has 0 unspecified atom stereocenters. The maximum Gasteiger partial charge on any atom is 0.315 e. The number of rotatable bonds is 6.